The first-order chi connectivity index (χ1) is 7.42. The molecule has 0 aliphatic carbocycles. The predicted molar refractivity (Wildman–Crippen MR) is 61.9 cm³/mol. The summed E-state index contributed by atoms with van der Waals surface area (Å²) in [5.41, 5.74) is 1.45. The Kier molecular flexibility index (Phi) is 3.75. The van der Waals surface area contributed by atoms with Gasteiger partial charge in [0.1, 0.15) is 0 Å². The van der Waals surface area contributed by atoms with E-state index in [9.17, 15) is 0 Å². The van der Waals surface area contributed by atoms with Crippen LogP contribution in [-0.4, -0.2) is 31.7 Å². The lowest BCUT2D eigenvalue weighted by molar-refractivity contribution is 0.141. The van der Waals surface area contributed by atoms with Crippen molar-refractivity contribution in [2.45, 2.75) is 18.9 Å². The Morgan fingerprint density at radius 1 is 1.33 bits per heavy atom. The monoisotopic (exact) mass is 205 g/mol. The number of benzene rings is 1. The first-order valence-corrected chi connectivity index (χ1v) is 5.70. The summed E-state index contributed by atoms with van der Waals surface area (Å²) in [6.45, 7) is 3.10. The highest BCUT2D eigenvalue weighted by molar-refractivity contribution is 5.19. The fourth-order valence-electron chi connectivity index (χ4n) is 2.35. The van der Waals surface area contributed by atoms with E-state index in [1.165, 1.54) is 24.9 Å². The molecule has 1 atom stereocenters. The standard InChI is InChI=1S/C13H19NO/c1-15-11-10-14-9-5-8-13(14)12-6-3-2-4-7-12/h2-4,6-7,13H,5,8-11H2,1H3. The molecule has 0 bridgehead atoms. The van der Waals surface area contributed by atoms with Gasteiger partial charge in [0.15, 0.2) is 0 Å². The van der Waals surface area contributed by atoms with Gasteiger partial charge in [-0.15, -0.1) is 0 Å². The molecule has 1 unspecified atom stereocenters. The first-order valence-electron chi connectivity index (χ1n) is 5.70. The Morgan fingerprint density at radius 2 is 2.13 bits per heavy atom. The van der Waals surface area contributed by atoms with Crippen molar-refractivity contribution in [3.63, 3.8) is 0 Å². The smallest absolute Gasteiger partial charge is 0.0589 e. The van der Waals surface area contributed by atoms with Gasteiger partial charge in [0, 0.05) is 19.7 Å². The van der Waals surface area contributed by atoms with E-state index in [0.29, 0.717) is 6.04 Å². The van der Waals surface area contributed by atoms with Crippen LogP contribution in [0.1, 0.15) is 24.4 Å². The second-order valence-electron chi connectivity index (χ2n) is 4.10. The zero-order chi connectivity index (χ0) is 10.5. The summed E-state index contributed by atoms with van der Waals surface area (Å²) in [7, 11) is 1.77. The van der Waals surface area contributed by atoms with Crippen LogP contribution in [0, 0.1) is 0 Å². The molecule has 2 heteroatoms. The average molecular weight is 205 g/mol. The van der Waals surface area contributed by atoms with Crippen molar-refractivity contribution in [2.24, 2.45) is 0 Å². The summed E-state index contributed by atoms with van der Waals surface area (Å²) in [6, 6.07) is 11.4. The predicted octanol–water partition coefficient (Wildman–Crippen LogP) is 2.47. The Labute approximate surface area is 91.9 Å². The lowest BCUT2D eigenvalue weighted by Gasteiger charge is -2.24. The fourth-order valence-corrected chi connectivity index (χ4v) is 2.35. The molecule has 0 spiro atoms. The van der Waals surface area contributed by atoms with Crippen molar-refractivity contribution in [1.29, 1.82) is 0 Å². The molecule has 1 aromatic carbocycles. The lowest BCUT2D eigenvalue weighted by atomic mass is 10.1. The topological polar surface area (TPSA) is 12.5 Å². The molecule has 0 radical (unpaired) electrons. The van der Waals surface area contributed by atoms with Crippen LogP contribution in [-0.2, 0) is 4.74 Å². The third-order valence-corrected chi connectivity index (χ3v) is 3.13. The van der Waals surface area contributed by atoms with E-state index in [1.807, 2.05) is 0 Å². The second kappa shape index (κ2) is 5.29. The number of rotatable bonds is 4. The normalized spacial score (nSPS) is 22.1. The van der Waals surface area contributed by atoms with E-state index in [1.54, 1.807) is 7.11 Å². The van der Waals surface area contributed by atoms with Gasteiger partial charge in [-0.25, -0.2) is 0 Å². The Morgan fingerprint density at radius 3 is 2.87 bits per heavy atom. The quantitative estimate of drug-likeness (QED) is 0.748. The molecule has 1 aliphatic heterocycles. The molecular formula is C13H19NO. The Bertz CT molecular complexity index is 286. The number of ether oxygens (including phenoxy) is 1. The molecule has 1 saturated heterocycles. The number of hydrogen-bond donors (Lipinski definition) is 0. The molecule has 0 saturated carbocycles. The van der Waals surface area contributed by atoms with Crippen molar-refractivity contribution >= 4 is 0 Å². The van der Waals surface area contributed by atoms with Gasteiger partial charge in [0.25, 0.3) is 0 Å². The summed E-state index contributed by atoms with van der Waals surface area (Å²) >= 11 is 0. The second-order valence-corrected chi connectivity index (χ2v) is 4.10. The molecule has 15 heavy (non-hydrogen) atoms. The number of nitrogens with zero attached hydrogens (tertiary/aromatic N) is 1. The molecule has 1 heterocycles. The molecule has 2 rings (SSSR count). The molecular weight excluding hydrogens is 186 g/mol. The maximum atomic E-state index is 5.15. The first kappa shape index (κ1) is 10.7. The maximum Gasteiger partial charge on any atom is 0.0589 e. The van der Waals surface area contributed by atoms with Crippen LogP contribution >= 0.6 is 0 Å². The Hall–Kier alpha value is -0.860. The molecule has 0 N–H and O–H groups in total. The van der Waals surface area contributed by atoms with Gasteiger partial charge in [-0.3, -0.25) is 4.90 Å². The van der Waals surface area contributed by atoms with E-state index in [4.69, 9.17) is 4.74 Å². The van der Waals surface area contributed by atoms with Gasteiger partial charge in [0.05, 0.1) is 6.61 Å². The molecule has 1 fully saturated rings. The molecule has 0 amide bonds. The van der Waals surface area contributed by atoms with Gasteiger partial charge in [0.2, 0.25) is 0 Å². The van der Waals surface area contributed by atoms with Crippen molar-refractivity contribution < 1.29 is 4.74 Å². The van der Waals surface area contributed by atoms with E-state index >= 15 is 0 Å². The van der Waals surface area contributed by atoms with Crippen LogP contribution in [0.5, 0.6) is 0 Å². The highest BCUT2D eigenvalue weighted by Gasteiger charge is 2.24. The third kappa shape index (κ3) is 2.58. The molecule has 1 aliphatic rings. The van der Waals surface area contributed by atoms with Crippen molar-refractivity contribution in [2.75, 3.05) is 26.8 Å². The fraction of sp³-hybridized carbons (Fsp3) is 0.538. The third-order valence-electron chi connectivity index (χ3n) is 3.13. The summed E-state index contributed by atoms with van der Waals surface area (Å²) in [6.07, 6.45) is 2.59. The van der Waals surface area contributed by atoms with Gasteiger partial charge < -0.3 is 4.74 Å². The van der Waals surface area contributed by atoms with Gasteiger partial charge >= 0.3 is 0 Å². The number of likely N-dealkylation sites (tertiary alicyclic amines) is 1. The minimum Gasteiger partial charge on any atom is -0.383 e. The van der Waals surface area contributed by atoms with Gasteiger partial charge in [-0.1, -0.05) is 30.3 Å². The Balaban J connectivity index is 2.01. The van der Waals surface area contributed by atoms with E-state index in [2.05, 4.69) is 35.2 Å². The minimum absolute atomic E-state index is 0.612. The van der Waals surface area contributed by atoms with Crippen molar-refractivity contribution in [3.8, 4) is 0 Å². The van der Waals surface area contributed by atoms with Crippen LogP contribution in [0.2, 0.25) is 0 Å². The van der Waals surface area contributed by atoms with Crippen molar-refractivity contribution in [1.82, 2.24) is 4.90 Å². The summed E-state index contributed by atoms with van der Waals surface area (Å²) < 4.78 is 5.15. The van der Waals surface area contributed by atoms with E-state index in [-0.39, 0.29) is 0 Å². The van der Waals surface area contributed by atoms with E-state index < -0.39 is 0 Å². The summed E-state index contributed by atoms with van der Waals surface area (Å²) in [4.78, 5) is 2.53. The van der Waals surface area contributed by atoms with Gasteiger partial charge in [-0.05, 0) is 24.9 Å². The van der Waals surface area contributed by atoms with E-state index in [0.717, 1.165) is 13.2 Å². The molecule has 1 aromatic rings. The highest BCUT2D eigenvalue weighted by atomic mass is 16.5. The highest BCUT2D eigenvalue weighted by Crippen LogP contribution is 2.30. The zero-order valence-corrected chi connectivity index (χ0v) is 9.36. The summed E-state index contributed by atoms with van der Waals surface area (Å²) in [5.74, 6) is 0. The zero-order valence-electron chi connectivity index (χ0n) is 9.36. The van der Waals surface area contributed by atoms with Crippen LogP contribution in [0.25, 0.3) is 0 Å². The largest absolute Gasteiger partial charge is 0.383 e. The van der Waals surface area contributed by atoms with Gasteiger partial charge in [-0.2, -0.15) is 0 Å². The minimum atomic E-state index is 0.612. The molecule has 82 valence electrons. The SMILES string of the molecule is COCCN1CCCC1c1ccccc1. The lowest BCUT2D eigenvalue weighted by Crippen LogP contribution is -2.26. The van der Waals surface area contributed by atoms with Crippen molar-refractivity contribution in [3.05, 3.63) is 35.9 Å². The van der Waals surface area contributed by atoms with Crippen LogP contribution in [0.3, 0.4) is 0 Å². The number of hydrogen-bond acceptors (Lipinski definition) is 2. The molecule has 2 nitrogen and oxygen atoms in total. The molecule has 0 aromatic heterocycles. The average Bonchev–Trinajstić information content (AvgIpc) is 2.75. The van der Waals surface area contributed by atoms with Crippen LogP contribution < -0.4 is 0 Å². The van der Waals surface area contributed by atoms with Crippen LogP contribution in [0.4, 0.5) is 0 Å². The summed E-state index contributed by atoms with van der Waals surface area (Å²) in [5, 5.41) is 0. The van der Waals surface area contributed by atoms with Crippen LogP contribution in [0.15, 0.2) is 30.3 Å². The maximum absolute atomic E-state index is 5.15. The number of methoxy groups -OCH3 is 1.